The fourth-order valence-electron chi connectivity index (χ4n) is 2.66. The first-order valence-corrected chi connectivity index (χ1v) is 8.00. The van der Waals surface area contributed by atoms with E-state index in [1.165, 1.54) is 0 Å². The molecule has 0 aromatic carbocycles. The summed E-state index contributed by atoms with van der Waals surface area (Å²) in [6.45, 7) is 2.27. The summed E-state index contributed by atoms with van der Waals surface area (Å²) < 4.78 is 27.9. The summed E-state index contributed by atoms with van der Waals surface area (Å²) in [4.78, 5) is 0. The topological polar surface area (TPSA) is 90.5 Å². The van der Waals surface area contributed by atoms with Crippen LogP contribution in [0.2, 0.25) is 0 Å². The molecule has 0 radical (unpaired) electrons. The van der Waals surface area contributed by atoms with Crippen molar-refractivity contribution in [3.63, 3.8) is 0 Å². The molecular formula is C11H22N4O2S. The zero-order valence-corrected chi connectivity index (χ0v) is 11.5. The minimum atomic E-state index is -3.28. The van der Waals surface area contributed by atoms with Gasteiger partial charge in [-0.2, -0.15) is 17.0 Å². The van der Waals surface area contributed by atoms with E-state index >= 15 is 0 Å². The molecular weight excluding hydrogens is 252 g/mol. The van der Waals surface area contributed by atoms with Gasteiger partial charge in [0, 0.05) is 32.1 Å². The summed E-state index contributed by atoms with van der Waals surface area (Å²) in [5.74, 6) is 0.239. The van der Waals surface area contributed by atoms with Crippen molar-refractivity contribution in [1.29, 1.82) is 5.41 Å². The van der Waals surface area contributed by atoms with E-state index in [4.69, 9.17) is 11.1 Å². The molecule has 0 atom stereocenters. The lowest BCUT2D eigenvalue weighted by atomic mass is 9.97. The minimum Gasteiger partial charge on any atom is -0.387 e. The first-order chi connectivity index (χ1) is 8.51. The highest BCUT2D eigenvalue weighted by atomic mass is 32.2. The Labute approximate surface area is 109 Å². The maximum atomic E-state index is 12.4. The third kappa shape index (κ3) is 2.84. The first-order valence-electron chi connectivity index (χ1n) is 6.61. The fraction of sp³-hybridized carbons (Fsp3) is 0.909. The summed E-state index contributed by atoms with van der Waals surface area (Å²) in [6, 6.07) is 0. The van der Waals surface area contributed by atoms with E-state index in [-0.39, 0.29) is 11.8 Å². The number of hydrogen-bond acceptors (Lipinski definition) is 3. The lowest BCUT2D eigenvalue weighted by molar-refractivity contribution is 0.267. The number of nitrogens with zero attached hydrogens (tertiary/aromatic N) is 2. The van der Waals surface area contributed by atoms with Crippen LogP contribution >= 0.6 is 0 Å². The van der Waals surface area contributed by atoms with E-state index in [9.17, 15) is 8.42 Å². The standard InChI is InChI=1S/C11H22N4O2S/c12-11(13)10-4-8-15(9-5-10)18(16,17)14-6-2-1-3-7-14/h10H,1-9H2,(H3,12,13). The van der Waals surface area contributed by atoms with E-state index in [2.05, 4.69) is 0 Å². The molecule has 18 heavy (non-hydrogen) atoms. The largest absolute Gasteiger partial charge is 0.387 e. The van der Waals surface area contributed by atoms with Crippen LogP contribution in [0.25, 0.3) is 0 Å². The molecule has 3 N–H and O–H groups in total. The Morgan fingerprint density at radius 2 is 1.50 bits per heavy atom. The van der Waals surface area contributed by atoms with Gasteiger partial charge in [0.05, 0.1) is 5.84 Å². The first kappa shape index (κ1) is 13.8. The molecule has 0 amide bonds. The predicted octanol–water partition coefficient (Wildman–Crippen LogP) is 0.365. The van der Waals surface area contributed by atoms with Crippen LogP contribution in [0.3, 0.4) is 0 Å². The molecule has 0 aromatic rings. The molecule has 0 unspecified atom stereocenters. The Morgan fingerprint density at radius 1 is 1.00 bits per heavy atom. The van der Waals surface area contributed by atoms with Gasteiger partial charge in [0.1, 0.15) is 0 Å². The molecule has 2 fully saturated rings. The second-order valence-electron chi connectivity index (χ2n) is 5.10. The highest BCUT2D eigenvalue weighted by molar-refractivity contribution is 7.86. The third-order valence-electron chi connectivity index (χ3n) is 3.86. The van der Waals surface area contributed by atoms with Gasteiger partial charge < -0.3 is 5.73 Å². The number of hydrogen-bond donors (Lipinski definition) is 2. The predicted molar refractivity (Wildman–Crippen MR) is 70.6 cm³/mol. The molecule has 104 valence electrons. The average Bonchev–Trinajstić information content (AvgIpc) is 2.40. The van der Waals surface area contributed by atoms with Crippen LogP contribution in [0.1, 0.15) is 32.1 Å². The highest BCUT2D eigenvalue weighted by Crippen LogP contribution is 2.23. The molecule has 2 aliphatic heterocycles. The van der Waals surface area contributed by atoms with E-state index in [0.29, 0.717) is 39.0 Å². The second kappa shape index (κ2) is 5.54. The van der Waals surface area contributed by atoms with Crippen LogP contribution in [0.4, 0.5) is 0 Å². The van der Waals surface area contributed by atoms with Gasteiger partial charge in [0.25, 0.3) is 10.2 Å². The van der Waals surface area contributed by atoms with Crippen molar-refractivity contribution in [2.45, 2.75) is 32.1 Å². The lowest BCUT2D eigenvalue weighted by Gasteiger charge is -2.35. The Morgan fingerprint density at radius 3 is 2.00 bits per heavy atom. The molecule has 0 aromatic heterocycles. The molecule has 2 rings (SSSR count). The van der Waals surface area contributed by atoms with E-state index in [1.54, 1.807) is 8.61 Å². The van der Waals surface area contributed by atoms with E-state index in [1.807, 2.05) is 0 Å². The maximum absolute atomic E-state index is 12.4. The molecule has 0 aliphatic carbocycles. The van der Waals surface area contributed by atoms with Crippen LogP contribution in [0, 0.1) is 11.3 Å². The molecule has 0 spiro atoms. The van der Waals surface area contributed by atoms with Crippen molar-refractivity contribution < 1.29 is 8.42 Å². The van der Waals surface area contributed by atoms with E-state index < -0.39 is 10.2 Å². The minimum absolute atomic E-state index is 0.0535. The molecule has 2 heterocycles. The van der Waals surface area contributed by atoms with Gasteiger partial charge in [-0.1, -0.05) is 6.42 Å². The average molecular weight is 274 g/mol. The van der Waals surface area contributed by atoms with Crippen LogP contribution in [-0.4, -0.2) is 49.0 Å². The zero-order chi connectivity index (χ0) is 13.2. The summed E-state index contributed by atoms with van der Waals surface area (Å²) in [7, 11) is -3.28. The molecule has 2 aliphatic rings. The van der Waals surface area contributed by atoms with Crippen LogP contribution in [-0.2, 0) is 10.2 Å². The van der Waals surface area contributed by atoms with Crippen molar-refractivity contribution in [2.24, 2.45) is 11.7 Å². The molecule has 7 heteroatoms. The molecule has 2 saturated heterocycles. The molecule has 0 saturated carbocycles. The molecule has 6 nitrogen and oxygen atoms in total. The number of nitrogens with two attached hydrogens (primary N) is 1. The van der Waals surface area contributed by atoms with Gasteiger partial charge in [0.2, 0.25) is 0 Å². The summed E-state index contributed by atoms with van der Waals surface area (Å²) in [5.41, 5.74) is 5.47. The SMILES string of the molecule is N=C(N)C1CCN(S(=O)(=O)N2CCCCC2)CC1. The van der Waals surface area contributed by atoms with Crippen LogP contribution < -0.4 is 5.73 Å². The number of rotatable bonds is 3. The summed E-state index contributed by atoms with van der Waals surface area (Å²) >= 11 is 0. The highest BCUT2D eigenvalue weighted by Gasteiger charge is 2.33. The van der Waals surface area contributed by atoms with Gasteiger partial charge in [-0.15, -0.1) is 0 Å². The van der Waals surface area contributed by atoms with Crippen molar-refractivity contribution in [1.82, 2.24) is 8.61 Å². The Bertz CT molecular complexity index is 395. The lowest BCUT2D eigenvalue weighted by Crippen LogP contribution is -2.49. The second-order valence-corrected chi connectivity index (χ2v) is 7.02. The van der Waals surface area contributed by atoms with Gasteiger partial charge in [-0.05, 0) is 25.7 Å². The van der Waals surface area contributed by atoms with Gasteiger partial charge >= 0.3 is 0 Å². The van der Waals surface area contributed by atoms with Crippen molar-refractivity contribution >= 4 is 16.0 Å². The number of piperidine rings is 2. The number of nitrogens with one attached hydrogen (secondary N) is 1. The smallest absolute Gasteiger partial charge is 0.281 e. The fourth-order valence-corrected chi connectivity index (χ4v) is 4.37. The quantitative estimate of drug-likeness (QED) is 0.575. The Hall–Kier alpha value is -0.660. The van der Waals surface area contributed by atoms with E-state index in [0.717, 1.165) is 19.3 Å². The van der Waals surface area contributed by atoms with Gasteiger partial charge in [0.15, 0.2) is 0 Å². The van der Waals surface area contributed by atoms with Crippen molar-refractivity contribution in [3.05, 3.63) is 0 Å². The third-order valence-corrected chi connectivity index (χ3v) is 5.90. The maximum Gasteiger partial charge on any atom is 0.281 e. The summed E-state index contributed by atoms with van der Waals surface area (Å²) in [6.07, 6.45) is 4.38. The normalized spacial score (nSPS) is 25.1. The van der Waals surface area contributed by atoms with Gasteiger partial charge in [-0.25, -0.2) is 0 Å². The van der Waals surface area contributed by atoms with Crippen LogP contribution in [0.15, 0.2) is 0 Å². The zero-order valence-electron chi connectivity index (χ0n) is 10.6. The Kier molecular flexibility index (Phi) is 4.24. The van der Waals surface area contributed by atoms with Crippen LogP contribution in [0.5, 0.6) is 0 Å². The Balaban J connectivity index is 1.97. The van der Waals surface area contributed by atoms with Crippen molar-refractivity contribution in [2.75, 3.05) is 26.2 Å². The summed E-state index contributed by atoms with van der Waals surface area (Å²) in [5, 5.41) is 7.41. The number of amidine groups is 1. The molecule has 0 bridgehead atoms. The van der Waals surface area contributed by atoms with Crippen molar-refractivity contribution in [3.8, 4) is 0 Å². The monoisotopic (exact) mass is 274 g/mol. The van der Waals surface area contributed by atoms with Gasteiger partial charge in [-0.3, -0.25) is 5.41 Å².